The van der Waals surface area contributed by atoms with Gasteiger partial charge in [-0.1, -0.05) is 6.92 Å². The lowest BCUT2D eigenvalue weighted by Gasteiger charge is -2.31. The molecule has 0 aliphatic carbocycles. The van der Waals surface area contributed by atoms with Gasteiger partial charge < -0.3 is 16.0 Å². The summed E-state index contributed by atoms with van der Waals surface area (Å²) < 4.78 is 26.0. The van der Waals surface area contributed by atoms with Crippen molar-refractivity contribution < 1.29 is 13.2 Å². The van der Waals surface area contributed by atoms with Crippen molar-refractivity contribution in [1.82, 2.24) is 14.6 Å². The lowest BCUT2D eigenvalue weighted by molar-refractivity contribution is 0.100. The lowest BCUT2D eigenvalue weighted by atomic mass is 9.88. The van der Waals surface area contributed by atoms with E-state index in [9.17, 15) is 13.2 Å². The SMILES string of the molecule is CCNCc1cc(-c2cc(C(N)=O)c3[nH]cc(C4CCN(S(=O)(=O)CC)CC4)c3c2)cs1. The molecule has 9 heteroatoms. The summed E-state index contributed by atoms with van der Waals surface area (Å²) >= 11 is 1.69. The Labute approximate surface area is 193 Å². The van der Waals surface area contributed by atoms with Crippen molar-refractivity contribution in [2.24, 2.45) is 5.73 Å². The van der Waals surface area contributed by atoms with Gasteiger partial charge >= 0.3 is 0 Å². The monoisotopic (exact) mass is 474 g/mol. The van der Waals surface area contributed by atoms with Crippen molar-refractivity contribution in [2.75, 3.05) is 25.4 Å². The second-order valence-electron chi connectivity index (χ2n) is 8.21. The Kier molecular flexibility index (Phi) is 6.71. The van der Waals surface area contributed by atoms with E-state index in [2.05, 4.69) is 34.7 Å². The molecule has 32 heavy (non-hydrogen) atoms. The number of nitrogens with two attached hydrogens (primary N) is 1. The Morgan fingerprint density at radius 2 is 1.97 bits per heavy atom. The van der Waals surface area contributed by atoms with Gasteiger partial charge in [-0.3, -0.25) is 4.79 Å². The molecule has 3 aromatic rings. The van der Waals surface area contributed by atoms with Gasteiger partial charge in [0.05, 0.1) is 16.8 Å². The largest absolute Gasteiger partial charge is 0.366 e. The van der Waals surface area contributed by atoms with Crippen molar-refractivity contribution in [2.45, 2.75) is 39.2 Å². The molecule has 0 unspecified atom stereocenters. The molecule has 0 radical (unpaired) electrons. The summed E-state index contributed by atoms with van der Waals surface area (Å²) in [6.45, 7) is 6.54. The maximum absolute atomic E-state index is 12.2. The van der Waals surface area contributed by atoms with Gasteiger partial charge in [0.15, 0.2) is 0 Å². The van der Waals surface area contributed by atoms with Crippen molar-refractivity contribution >= 4 is 38.2 Å². The zero-order chi connectivity index (χ0) is 22.9. The highest BCUT2D eigenvalue weighted by Crippen LogP contribution is 2.38. The second kappa shape index (κ2) is 9.35. The molecule has 0 bridgehead atoms. The van der Waals surface area contributed by atoms with Gasteiger partial charge in [0, 0.05) is 36.1 Å². The average Bonchev–Trinajstić information content (AvgIpc) is 3.44. The van der Waals surface area contributed by atoms with Crippen LogP contribution in [0.1, 0.15) is 53.4 Å². The molecule has 1 amide bonds. The fourth-order valence-corrected chi connectivity index (χ4v) is 6.45. The number of sulfonamides is 1. The highest BCUT2D eigenvalue weighted by Gasteiger charge is 2.29. The van der Waals surface area contributed by atoms with E-state index in [4.69, 9.17) is 5.73 Å². The van der Waals surface area contributed by atoms with E-state index in [0.29, 0.717) is 18.7 Å². The predicted octanol–water partition coefficient (Wildman–Crippen LogP) is 3.63. The molecule has 0 saturated carbocycles. The van der Waals surface area contributed by atoms with E-state index in [1.54, 1.807) is 22.6 Å². The summed E-state index contributed by atoms with van der Waals surface area (Å²) in [5, 5.41) is 6.44. The highest BCUT2D eigenvalue weighted by molar-refractivity contribution is 7.89. The summed E-state index contributed by atoms with van der Waals surface area (Å²) in [7, 11) is -3.16. The van der Waals surface area contributed by atoms with E-state index in [-0.39, 0.29) is 11.7 Å². The highest BCUT2D eigenvalue weighted by atomic mass is 32.2. The van der Waals surface area contributed by atoms with Gasteiger partial charge in [-0.15, -0.1) is 11.3 Å². The number of hydrogen-bond donors (Lipinski definition) is 3. The molecule has 3 heterocycles. The predicted molar refractivity (Wildman–Crippen MR) is 131 cm³/mol. The van der Waals surface area contributed by atoms with Crippen molar-refractivity contribution in [3.63, 3.8) is 0 Å². The number of nitrogens with one attached hydrogen (secondary N) is 2. The van der Waals surface area contributed by atoms with Crippen LogP contribution in [0.2, 0.25) is 0 Å². The minimum Gasteiger partial charge on any atom is -0.366 e. The molecule has 0 atom stereocenters. The summed E-state index contributed by atoms with van der Waals surface area (Å²) in [5.74, 6) is -0.0982. The number of aromatic amines is 1. The molecule has 7 nitrogen and oxygen atoms in total. The number of carbonyl (C=O) groups is 1. The number of rotatable bonds is 8. The molecule has 1 aliphatic rings. The van der Waals surface area contributed by atoms with E-state index < -0.39 is 15.9 Å². The van der Waals surface area contributed by atoms with Gasteiger partial charge in [-0.2, -0.15) is 0 Å². The maximum Gasteiger partial charge on any atom is 0.250 e. The van der Waals surface area contributed by atoms with Gasteiger partial charge in [0.25, 0.3) is 5.91 Å². The molecule has 1 fully saturated rings. The number of H-pyrrole nitrogens is 1. The summed E-state index contributed by atoms with van der Waals surface area (Å²) in [5.41, 5.74) is 10.1. The molecular formula is C23H30N4O3S2. The van der Waals surface area contributed by atoms with Crippen LogP contribution in [-0.4, -0.2) is 49.0 Å². The number of primary amides is 1. The third-order valence-electron chi connectivity index (χ3n) is 6.28. The fourth-order valence-electron chi connectivity index (χ4n) is 4.45. The van der Waals surface area contributed by atoms with Gasteiger partial charge in [0.1, 0.15) is 0 Å². The molecule has 1 aliphatic heterocycles. The number of hydrogen-bond acceptors (Lipinski definition) is 5. The van der Waals surface area contributed by atoms with Crippen LogP contribution >= 0.6 is 11.3 Å². The first-order chi connectivity index (χ1) is 15.3. The molecule has 4 N–H and O–H groups in total. The van der Waals surface area contributed by atoms with Crippen LogP contribution in [0.25, 0.3) is 22.0 Å². The number of piperidine rings is 1. The van der Waals surface area contributed by atoms with Crippen LogP contribution in [0.15, 0.2) is 29.8 Å². The zero-order valence-corrected chi connectivity index (χ0v) is 20.1. The zero-order valence-electron chi connectivity index (χ0n) is 18.5. The fraction of sp³-hybridized carbons (Fsp3) is 0.435. The van der Waals surface area contributed by atoms with Crippen LogP contribution in [0, 0.1) is 0 Å². The van der Waals surface area contributed by atoms with Gasteiger partial charge in [0.2, 0.25) is 10.0 Å². The number of nitrogens with zero attached hydrogens (tertiary/aromatic N) is 1. The quantitative estimate of drug-likeness (QED) is 0.463. The number of benzene rings is 1. The molecular weight excluding hydrogens is 444 g/mol. The smallest absolute Gasteiger partial charge is 0.250 e. The molecule has 172 valence electrons. The first kappa shape index (κ1) is 23.0. The van der Waals surface area contributed by atoms with E-state index in [1.165, 1.54) is 4.88 Å². The van der Waals surface area contributed by atoms with Crippen LogP contribution in [0.3, 0.4) is 0 Å². The molecule has 2 aromatic heterocycles. The molecule has 1 saturated heterocycles. The standard InChI is InChI=1S/C23H30N4O3S2/c1-3-25-12-18-9-17(14-31-18)16-10-19-21(13-26-22(19)20(11-16)23(24)28)15-5-7-27(8-6-15)32(29,30)4-2/h9-11,13-15,25-26H,3-8,12H2,1-2H3,(H2,24,28). The van der Waals surface area contributed by atoms with Gasteiger partial charge in [-0.25, -0.2) is 12.7 Å². The first-order valence-corrected chi connectivity index (χ1v) is 13.5. The number of amides is 1. The summed E-state index contributed by atoms with van der Waals surface area (Å²) in [6, 6.07) is 6.14. The Hall–Kier alpha value is -2.20. The Bertz CT molecular complexity index is 1220. The van der Waals surface area contributed by atoms with Crippen molar-refractivity contribution in [3.8, 4) is 11.1 Å². The van der Waals surface area contributed by atoms with Crippen LogP contribution in [-0.2, 0) is 16.6 Å². The van der Waals surface area contributed by atoms with E-state index in [0.717, 1.165) is 53.5 Å². The molecule has 1 aromatic carbocycles. The topological polar surface area (TPSA) is 108 Å². The minimum atomic E-state index is -3.16. The minimum absolute atomic E-state index is 0.131. The number of thiophene rings is 1. The Morgan fingerprint density at radius 1 is 1.22 bits per heavy atom. The van der Waals surface area contributed by atoms with Crippen molar-refractivity contribution in [1.29, 1.82) is 0 Å². The first-order valence-electron chi connectivity index (χ1n) is 11.0. The Balaban J connectivity index is 1.68. The maximum atomic E-state index is 12.2. The van der Waals surface area contributed by atoms with Crippen molar-refractivity contribution in [3.05, 3.63) is 45.8 Å². The third-order valence-corrected chi connectivity index (χ3v) is 9.09. The van der Waals surface area contributed by atoms with Crippen LogP contribution < -0.4 is 11.1 Å². The molecule has 0 spiro atoms. The number of fused-ring (bicyclic) bond motifs is 1. The molecule has 4 rings (SSSR count). The van der Waals surface area contributed by atoms with Gasteiger partial charge in [-0.05, 0) is 72.5 Å². The van der Waals surface area contributed by atoms with E-state index >= 15 is 0 Å². The normalized spacial score (nSPS) is 16.1. The van der Waals surface area contributed by atoms with Crippen LogP contribution in [0.5, 0.6) is 0 Å². The number of carbonyl (C=O) groups excluding carboxylic acids is 1. The average molecular weight is 475 g/mol. The lowest BCUT2D eigenvalue weighted by Crippen LogP contribution is -2.38. The van der Waals surface area contributed by atoms with Crippen LogP contribution in [0.4, 0.5) is 0 Å². The Morgan fingerprint density at radius 3 is 2.62 bits per heavy atom. The number of aromatic nitrogens is 1. The summed E-state index contributed by atoms with van der Waals surface area (Å²) in [4.78, 5) is 16.7. The third kappa shape index (κ3) is 4.47. The van der Waals surface area contributed by atoms with E-state index in [1.807, 2.05) is 12.3 Å². The second-order valence-corrected chi connectivity index (χ2v) is 11.5. The summed E-state index contributed by atoms with van der Waals surface area (Å²) in [6.07, 6.45) is 3.47.